The number of rotatable bonds is 4. The molecule has 1 aromatic carbocycles. The van der Waals surface area contributed by atoms with Crippen molar-refractivity contribution in [3.63, 3.8) is 0 Å². The Labute approximate surface area is 233 Å². The van der Waals surface area contributed by atoms with Gasteiger partial charge in [-0.2, -0.15) is 18.2 Å². The van der Waals surface area contributed by atoms with Crippen molar-refractivity contribution in [2.24, 2.45) is 5.14 Å². The molecule has 0 saturated carbocycles. The van der Waals surface area contributed by atoms with Crippen LogP contribution in [0.3, 0.4) is 0 Å². The highest BCUT2D eigenvalue weighted by Gasteiger charge is 2.36. The molecule has 2 aliphatic heterocycles. The first kappa shape index (κ1) is 29.5. The highest BCUT2D eigenvalue weighted by Crippen LogP contribution is 2.36. The van der Waals surface area contributed by atoms with Crippen LogP contribution in [0.5, 0.6) is 0 Å². The molecule has 0 atom stereocenters. The van der Waals surface area contributed by atoms with E-state index in [0.29, 0.717) is 31.9 Å². The zero-order valence-corrected chi connectivity index (χ0v) is 23.4. The molecule has 0 aliphatic carbocycles. The van der Waals surface area contributed by atoms with Crippen molar-refractivity contribution in [2.75, 3.05) is 41.3 Å². The Morgan fingerprint density at radius 3 is 2.30 bits per heavy atom. The fourth-order valence-electron chi connectivity index (χ4n) is 4.96. The highest BCUT2D eigenvalue weighted by molar-refractivity contribution is 7.69. The van der Waals surface area contributed by atoms with Crippen LogP contribution < -0.4 is 20.3 Å². The zero-order chi connectivity index (χ0) is 28.9. The van der Waals surface area contributed by atoms with Gasteiger partial charge in [0.1, 0.15) is 11.6 Å². The number of benzene rings is 1. The molecule has 4 heterocycles. The van der Waals surface area contributed by atoms with Gasteiger partial charge in [-0.1, -0.05) is 6.07 Å². The molecule has 9 nitrogen and oxygen atoms in total. The van der Waals surface area contributed by atoms with Crippen LogP contribution in [0, 0.1) is 13.8 Å². The van der Waals surface area contributed by atoms with Gasteiger partial charge in [-0.25, -0.2) is 23.5 Å². The van der Waals surface area contributed by atoms with Gasteiger partial charge in [-0.15, -0.1) is 0 Å². The van der Waals surface area contributed by atoms with Crippen molar-refractivity contribution in [3.05, 3.63) is 64.5 Å². The number of hydrogen-bond donors (Lipinski definition) is 3. The molecule has 3 N–H and O–H groups in total. The van der Waals surface area contributed by atoms with Gasteiger partial charge in [0.05, 0.1) is 11.3 Å². The van der Waals surface area contributed by atoms with E-state index in [2.05, 4.69) is 46.3 Å². The van der Waals surface area contributed by atoms with Gasteiger partial charge < -0.3 is 15.1 Å². The third-order valence-corrected chi connectivity index (χ3v) is 7.13. The van der Waals surface area contributed by atoms with E-state index in [1.807, 2.05) is 6.07 Å². The van der Waals surface area contributed by atoms with E-state index in [0.717, 1.165) is 54.8 Å². The van der Waals surface area contributed by atoms with Gasteiger partial charge in [0, 0.05) is 50.0 Å². The van der Waals surface area contributed by atoms with Crippen LogP contribution in [-0.2, 0) is 29.9 Å². The summed E-state index contributed by atoms with van der Waals surface area (Å²) in [6.45, 7) is 6.79. The summed E-state index contributed by atoms with van der Waals surface area (Å²) in [7, 11) is -2.62. The van der Waals surface area contributed by atoms with E-state index in [4.69, 9.17) is 18.4 Å². The number of aryl methyl sites for hydroxylation is 2. The van der Waals surface area contributed by atoms with Crippen molar-refractivity contribution in [2.45, 2.75) is 52.1 Å². The van der Waals surface area contributed by atoms with E-state index in [1.54, 1.807) is 4.90 Å². The van der Waals surface area contributed by atoms with Gasteiger partial charge in [0.15, 0.2) is 10.9 Å². The average molecular weight is 578 g/mol. The van der Waals surface area contributed by atoms with Crippen LogP contribution in [-0.4, -0.2) is 49.5 Å². The molecular formula is C27H34F3N7O2S. The maximum Gasteiger partial charge on any atom is 0.419 e. The average Bonchev–Trinajstić information content (AvgIpc) is 3.13. The molecular weight excluding hydrogens is 543 g/mol. The lowest BCUT2D eigenvalue weighted by molar-refractivity contribution is -0.137. The lowest BCUT2D eigenvalue weighted by Gasteiger charge is -2.28. The predicted molar refractivity (Wildman–Crippen MR) is 151 cm³/mol. The van der Waals surface area contributed by atoms with Crippen molar-refractivity contribution in [1.82, 2.24) is 15.0 Å². The molecule has 2 aromatic heterocycles. The Morgan fingerprint density at radius 2 is 1.62 bits per heavy atom. The van der Waals surface area contributed by atoms with E-state index < -0.39 is 22.6 Å². The zero-order valence-electron chi connectivity index (χ0n) is 22.5. The van der Waals surface area contributed by atoms with Crippen LogP contribution in [0.4, 0.5) is 36.4 Å². The molecule has 0 unspecified atom stereocenters. The number of fused-ring (bicyclic) bond motifs is 1. The standard InChI is InChI=1S/C27H31F3N6.H3NO2S/c1-18-8-9-20(17-19(18)2)32-24-21-10-15-35(25-22(27(28,29)30)7-6-12-31-25)16-11-23(21)33-26(34-24)36-13-4-3-5-14-36;1-4(2)3/h6-9,12,17H,3-5,10-11,13-16H2,1-2H3,(H,32,33,34);4H,(H2,1,2,3). The van der Waals surface area contributed by atoms with Crippen LogP contribution >= 0.6 is 0 Å². The van der Waals surface area contributed by atoms with Crippen molar-refractivity contribution < 1.29 is 21.6 Å². The summed E-state index contributed by atoms with van der Waals surface area (Å²) in [5.74, 6) is 1.41. The number of thiol groups is 1. The van der Waals surface area contributed by atoms with E-state index >= 15 is 0 Å². The van der Waals surface area contributed by atoms with Crippen LogP contribution in [0.2, 0.25) is 0 Å². The predicted octanol–water partition coefficient (Wildman–Crippen LogP) is 4.32. The van der Waals surface area contributed by atoms with Gasteiger partial charge in [0.2, 0.25) is 5.95 Å². The second-order valence-corrected chi connectivity index (χ2v) is 10.5. The Balaban J connectivity index is 0.000000867. The highest BCUT2D eigenvalue weighted by atomic mass is 32.2. The molecule has 3 aromatic rings. The van der Waals surface area contributed by atoms with E-state index in [-0.39, 0.29) is 5.82 Å². The smallest absolute Gasteiger partial charge is 0.355 e. The lowest BCUT2D eigenvalue weighted by atomic mass is 10.1. The minimum atomic E-state index is -4.46. The summed E-state index contributed by atoms with van der Waals surface area (Å²) >= 11 is 0. The Kier molecular flexibility index (Phi) is 9.46. The number of piperidine rings is 1. The third kappa shape index (κ3) is 7.39. The molecule has 2 aliphatic rings. The molecule has 0 bridgehead atoms. The summed E-state index contributed by atoms with van der Waals surface area (Å²) in [4.78, 5) is 17.9. The van der Waals surface area contributed by atoms with Crippen molar-refractivity contribution in [1.29, 1.82) is 0 Å². The molecule has 1 fully saturated rings. The Hall–Kier alpha value is -3.45. The van der Waals surface area contributed by atoms with Crippen LogP contribution in [0.25, 0.3) is 0 Å². The van der Waals surface area contributed by atoms with Gasteiger partial charge in [-0.05, 0) is 74.9 Å². The monoisotopic (exact) mass is 577 g/mol. The maximum atomic E-state index is 13.7. The number of pyridine rings is 1. The summed E-state index contributed by atoms with van der Waals surface area (Å²) in [6, 6.07) is 8.63. The summed E-state index contributed by atoms with van der Waals surface area (Å²) < 4.78 is 58.7. The van der Waals surface area contributed by atoms with Crippen molar-refractivity contribution >= 4 is 34.2 Å². The molecule has 216 valence electrons. The van der Waals surface area contributed by atoms with Crippen molar-refractivity contribution in [3.8, 4) is 0 Å². The summed E-state index contributed by atoms with van der Waals surface area (Å²) in [6.07, 6.45) is 1.42. The molecule has 13 heteroatoms. The number of nitrogens with one attached hydrogen (secondary N) is 1. The number of alkyl halides is 3. The summed E-state index contributed by atoms with van der Waals surface area (Å²) in [5, 5.41) is 7.57. The Morgan fingerprint density at radius 1 is 0.925 bits per heavy atom. The second-order valence-electron chi connectivity index (χ2n) is 9.91. The number of halogens is 3. The second kappa shape index (κ2) is 12.8. The fraction of sp³-hybridized carbons (Fsp3) is 0.444. The quantitative estimate of drug-likeness (QED) is 0.393. The fourth-order valence-corrected chi connectivity index (χ4v) is 4.96. The first-order valence-electron chi connectivity index (χ1n) is 13.2. The first-order valence-corrected chi connectivity index (χ1v) is 14.4. The summed E-state index contributed by atoms with van der Waals surface area (Å²) in [5.41, 5.74) is 4.48. The molecule has 5 rings (SSSR count). The van der Waals surface area contributed by atoms with E-state index in [1.165, 1.54) is 29.8 Å². The number of nitrogens with two attached hydrogens (primary N) is 1. The van der Waals surface area contributed by atoms with Gasteiger partial charge in [0.25, 0.3) is 0 Å². The topological polar surface area (TPSA) is 117 Å². The number of anilines is 4. The van der Waals surface area contributed by atoms with Gasteiger partial charge >= 0.3 is 6.18 Å². The molecule has 1 saturated heterocycles. The SMILES string of the molecule is Cc1ccc(Nc2nc(N3CCCCC3)nc3c2CCN(c2ncccc2C(F)(F)F)CC3)cc1C.N[SH](=O)=O. The van der Waals surface area contributed by atoms with Crippen LogP contribution in [0.1, 0.15) is 47.2 Å². The molecule has 0 radical (unpaired) electrons. The minimum Gasteiger partial charge on any atom is -0.355 e. The third-order valence-electron chi connectivity index (χ3n) is 7.13. The molecule has 40 heavy (non-hydrogen) atoms. The number of nitrogens with zero attached hydrogens (tertiary/aromatic N) is 5. The minimum absolute atomic E-state index is 0.0225. The molecule has 0 spiro atoms. The Bertz CT molecular complexity index is 1400. The number of aromatic nitrogens is 3. The molecule has 0 amide bonds. The largest absolute Gasteiger partial charge is 0.419 e. The number of hydrogen-bond acceptors (Lipinski definition) is 8. The van der Waals surface area contributed by atoms with Gasteiger partial charge in [-0.3, -0.25) is 0 Å². The van der Waals surface area contributed by atoms with Crippen LogP contribution in [0.15, 0.2) is 36.5 Å². The normalized spacial score (nSPS) is 15.7. The van der Waals surface area contributed by atoms with E-state index in [9.17, 15) is 13.2 Å². The maximum absolute atomic E-state index is 13.7. The first-order chi connectivity index (χ1) is 19.0. The lowest BCUT2D eigenvalue weighted by Crippen LogP contribution is -2.31.